The molecule has 0 heterocycles. The lowest BCUT2D eigenvalue weighted by atomic mass is 9.66. The molecule has 1 aliphatic rings. The number of rotatable bonds is 14. The molecule has 0 nitrogen and oxygen atoms in total. The first kappa shape index (κ1) is 44.0. The lowest BCUT2D eigenvalue weighted by Crippen LogP contribution is -2.29. The Bertz CT molecular complexity index is 2540. The fourth-order valence-electron chi connectivity index (χ4n) is 10.3. The molecule has 65 heavy (non-hydrogen) atoms. The third kappa shape index (κ3) is 8.23. The van der Waals surface area contributed by atoms with Crippen molar-refractivity contribution in [3.8, 4) is 55.6 Å². The minimum atomic E-state index is -0.622. The zero-order chi connectivity index (χ0) is 45.2. The van der Waals surface area contributed by atoms with Gasteiger partial charge >= 0.3 is 0 Å². The van der Waals surface area contributed by atoms with Crippen LogP contribution in [0.5, 0.6) is 0 Å². The van der Waals surface area contributed by atoms with E-state index in [1.807, 2.05) is 0 Å². The minimum Gasteiger partial charge on any atom is -0.0648 e. The Balaban J connectivity index is 1.36. The average Bonchev–Trinajstić information content (AvgIpc) is 3.68. The van der Waals surface area contributed by atoms with Crippen LogP contribution in [0.3, 0.4) is 0 Å². The van der Waals surface area contributed by atoms with Gasteiger partial charge in [-0.1, -0.05) is 201 Å². The zero-order valence-corrected chi connectivity index (χ0v) is 40.0. The molecule has 1 aliphatic carbocycles. The van der Waals surface area contributed by atoms with E-state index in [0.29, 0.717) is 23.7 Å². The van der Waals surface area contributed by atoms with Gasteiger partial charge in [0.15, 0.2) is 0 Å². The molecular formula is C65H66. The molecule has 8 aromatic rings. The van der Waals surface area contributed by atoms with Crippen LogP contribution >= 0.6 is 0 Å². The first-order valence-corrected chi connectivity index (χ1v) is 24.6. The van der Waals surface area contributed by atoms with Crippen LogP contribution in [0.25, 0.3) is 55.6 Å². The van der Waals surface area contributed by atoms with E-state index in [0.717, 1.165) is 25.7 Å². The van der Waals surface area contributed by atoms with Crippen molar-refractivity contribution >= 4 is 0 Å². The van der Waals surface area contributed by atoms with Crippen molar-refractivity contribution in [1.29, 1.82) is 0 Å². The number of hydrogen-bond acceptors (Lipinski definition) is 0. The summed E-state index contributed by atoms with van der Waals surface area (Å²) >= 11 is 0. The highest BCUT2D eigenvalue weighted by molar-refractivity contribution is 5.89. The Hall–Kier alpha value is -6.24. The maximum absolute atomic E-state index is 2.52. The van der Waals surface area contributed by atoms with E-state index in [1.165, 1.54) is 100 Å². The van der Waals surface area contributed by atoms with E-state index < -0.39 is 5.41 Å². The predicted molar refractivity (Wildman–Crippen MR) is 280 cm³/mol. The van der Waals surface area contributed by atoms with Crippen LogP contribution in [0.15, 0.2) is 182 Å². The largest absolute Gasteiger partial charge is 0.0714 e. The third-order valence-electron chi connectivity index (χ3n) is 15.4. The molecule has 0 radical (unpaired) electrons. The quantitative estimate of drug-likeness (QED) is 0.102. The van der Waals surface area contributed by atoms with Gasteiger partial charge in [0.1, 0.15) is 0 Å². The summed E-state index contributed by atoms with van der Waals surface area (Å²) in [6.45, 7) is 18.4. The smallest absolute Gasteiger partial charge is 0.0648 e. The summed E-state index contributed by atoms with van der Waals surface area (Å²) in [4.78, 5) is 0. The summed E-state index contributed by atoms with van der Waals surface area (Å²) in [5.41, 5.74) is 22.6. The second kappa shape index (κ2) is 18.7. The van der Waals surface area contributed by atoms with Gasteiger partial charge in [-0.15, -0.1) is 0 Å². The molecule has 0 heteroatoms. The van der Waals surface area contributed by atoms with Gasteiger partial charge in [-0.05, 0) is 186 Å². The summed E-state index contributed by atoms with van der Waals surface area (Å²) in [5, 5.41) is 0. The molecule has 0 amide bonds. The van der Waals surface area contributed by atoms with Crippen molar-refractivity contribution in [1.82, 2.24) is 0 Å². The molecule has 0 saturated carbocycles. The summed E-state index contributed by atoms with van der Waals surface area (Å²) in [7, 11) is 0. The van der Waals surface area contributed by atoms with E-state index in [1.54, 1.807) is 0 Å². The van der Waals surface area contributed by atoms with E-state index >= 15 is 0 Å². The average molecular weight is 847 g/mol. The Kier molecular flexibility index (Phi) is 12.7. The van der Waals surface area contributed by atoms with Gasteiger partial charge in [0, 0.05) is 0 Å². The van der Waals surface area contributed by atoms with Crippen LogP contribution in [0.4, 0.5) is 0 Å². The lowest BCUT2D eigenvalue weighted by molar-refractivity contribution is 0.734. The van der Waals surface area contributed by atoms with Crippen molar-refractivity contribution in [3.05, 3.63) is 226 Å². The van der Waals surface area contributed by atoms with Crippen LogP contribution in [0.1, 0.15) is 149 Å². The molecule has 9 rings (SSSR count). The Labute approximate surface area is 390 Å². The maximum Gasteiger partial charge on any atom is 0.0714 e. The fourth-order valence-corrected chi connectivity index (χ4v) is 10.3. The molecule has 0 spiro atoms. The normalized spacial score (nSPS) is 14.6. The standard InChI is InChI=1S/C65H66/c1-9-43(5)47-21-29-51(30-22-47)55-37-56(52-31-23-48(24-32-52)44(6)10-2)40-59(39-55)65(63-19-15-13-17-61(63)62-18-14-16-20-64(62)65)60-41-57(53-33-25-49(26-34-53)45(7)11-3)38-58(42-60)54-35-27-50(28-36-54)46(8)12-4/h13-46H,9-12H2,1-8H3. The van der Waals surface area contributed by atoms with Gasteiger partial charge < -0.3 is 0 Å². The van der Waals surface area contributed by atoms with E-state index in [-0.39, 0.29) is 0 Å². The summed E-state index contributed by atoms with van der Waals surface area (Å²) in [6.07, 6.45) is 4.49. The van der Waals surface area contributed by atoms with E-state index in [4.69, 9.17) is 0 Å². The molecule has 8 aromatic carbocycles. The minimum absolute atomic E-state index is 0.517. The molecule has 326 valence electrons. The Morgan fingerprint density at radius 2 is 0.538 bits per heavy atom. The topological polar surface area (TPSA) is 0 Å². The second-order valence-electron chi connectivity index (χ2n) is 19.2. The van der Waals surface area contributed by atoms with Crippen LogP contribution in [-0.4, -0.2) is 0 Å². The van der Waals surface area contributed by atoms with Crippen molar-refractivity contribution in [2.45, 2.75) is 110 Å². The second-order valence-corrected chi connectivity index (χ2v) is 19.2. The van der Waals surface area contributed by atoms with Crippen molar-refractivity contribution < 1.29 is 0 Å². The molecule has 0 aliphatic heterocycles. The van der Waals surface area contributed by atoms with Gasteiger partial charge in [0.25, 0.3) is 0 Å². The van der Waals surface area contributed by atoms with E-state index in [9.17, 15) is 0 Å². The number of benzene rings is 8. The molecule has 0 fully saturated rings. The molecular weight excluding hydrogens is 781 g/mol. The molecule has 0 aromatic heterocycles. The fraction of sp³-hybridized carbons (Fsp3) is 0.262. The Morgan fingerprint density at radius 1 is 0.292 bits per heavy atom. The van der Waals surface area contributed by atoms with Gasteiger partial charge in [-0.2, -0.15) is 0 Å². The van der Waals surface area contributed by atoms with Crippen LogP contribution < -0.4 is 0 Å². The van der Waals surface area contributed by atoms with Crippen LogP contribution in [-0.2, 0) is 5.41 Å². The number of hydrogen-bond donors (Lipinski definition) is 0. The predicted octanol–water partition coefficient (Wildman–Crippen LogP) is 18.8. The van der Waals surface area contributed by atoms with Gasteiger partial charge in [-0.25, -0.2) is 0 Å². The van der Waals surface area contributed by atoms with Gasteiger partial charge in [0.05, 0.1) is 5.41 Å². The first-order chi connectivity index (χ1) is 31.7. The van der Waals surface area contributed by atoms with Crippen molar-refractivity contribution in [2.24, 2.45) is 0 Å². The summed E-state index contributed by atoms with van der Waals surface area (Å²) in [5.74, 6) is 2.07. The van der Waals surface area contributed by atoms with E-state index in [2.05, 4.69) is 237 Å². The van der Waals surface area contributed by atoms with Gasteiger partial charge in [-0.3, -0.25) is 0 Å². The highest BCUT2D eigenvalue weighted by atomic mass is 14.5. The molecule has 4 unspecified atom stereocenters. The maximum atomic E-state index is 2.52. The summed E-state index contributed by atoms with van der Waals surface area (Å²) < 4.78 is 0. The number of fused-ring (bicyclic) bond motifs is 3. The van der Waals surface area contributed by atoms with Crippen LogP contribution in [0.2, 0.25) is 0 Å². The molecule has 4 atom stereocenters. The third-order valence-corrected chi connectivity index (χ3v) is 15.4. The highest BCUT2D eigenvalue weighted by Gasteiger charge is 2.46. The summed E-state index contributed by atoms with van der Waals surface area (Å²) in [6, 6.07) is 70.9. The van der Waals surface area contributed by atoms with Crippen molar-refractivity contribution in [2.75, 3.05) is 0 Å². The lowest BCUT2D eigenvalue weighted by Gasteiger charge is -2.35. The molecule has 0 N–H and O–H groups in total. The highest BCUT2D eigenvalue weighted by Crippen LogP contribution is 2.58. The van der Waals surface area contributed by atoms with Crippen LogP contribution in [0, 0.1) is 0 Å². The van der Waals surface area contributed by atoms with Crippen molar-refractivity contribution in [3.63, 3.8) is 0 Å². The molecule has 0 saturated heterocycles. The molecule has 0 bridgehead atoms. The first-order valence-electron chi connectivity index (χ1n) is 24.6. The zero-order valence-electron chi connectivity index (χ0n) is 40.0. The Morgan fingerprint density at radius 3 is 0.785 bits per heavy atom. The SMILES string of the molecule is CCC(C)c1ccc(-c2cc(-c3ccc(C(C)CC)cc3)cc(C3(c4cc(-c5ccc(C(C)CC)cc5)cc(-c5ccc(C(C)CC)cc5)c4)c4ccccc4-c4ccccc43)c2)cc1. The van der Waals surface area contributed by atoms with Gasteiger partial charge in [0.2, 0.25) is 0 Å². The monoisotopic (exact) mass is 847 g/mol.